The highest BCUT2D eigenvalue weighted by Gasteiger charge is 2.15. The third-order valence-corrected chi connectivity index (χ3v) is 5.39. The number of hydrogen-bond acceptors (Lipinski definition) is 5. The number of carbonyl (C=O) groups excluding carboxylic acids is 1. The van der Waals surface area contributed by atoms with Crippen molar-refractivity contribution in [1.29, 1.82) is 0 Å². The topological polar surface area (TPSA) is 82.2 Å². The van der Waals surface area contributed by atoms with E-state index in [1.807, 2.05) is 18.2 Å². The second-order valence-electron chi connectivity index (χ2n) is 6.42. The van der Waals surface area contributed by atoms with E-state index in [0.29, 0.717) is 33.1 Å². The van der Waals surface area contributed by atoms with Crippen molar-refractivity contribution < 1.29 is 13.9 Å². The average Bonchev–Trinajstić information content (AvgIpc) is 3.40. The smallest absolute Gasteiger partial charge is 0.293 e. The summed E-state index contributed by atoms with van der Waals surface area (Å²) in [5.41, 5.74) is 0.891. The van der Waals surface area contributed by atoms with Crippen molar-refractivity contribution in [3.8, 4) is 5.75 Å². The summed E-state index contributed by atoms with van der Waals surface area (Å²) in [5.74, 6) is 0.626. The molecule has 0 radical (unpaired) electrons. The minimum atomic E-state index is -0.484. The summed E-state index contributed by atoms with van der Waals surface area (Å²) in [5, 5.41) is 8.16. The fourth-order valence-electron chi connectivity index (χ4n) is 2.71. The molecule has 1 N–H and O–H groups in total. The molecule has 0 bridgehead atoms. The van der Waals surface area contributed by atoms with Crippen LogP contribution in [0.1, 0.15) is 21.9 Å². The molecule has 0 aliphatic rings. The van der Waals surface area contributed by atoms with Gasteiger partial charge in [0.1, 0.15) is 29.5 Å². The third-order valence-electron chi connectivity index (χ3n) is 4.22. The van der Waals surface area contributed by atoms with Crippen molar-refractivity contribution in [2.24, 2.45) is 0 Å². The zero-order valence-electron chi connectivity index (χ0n) is 15.9. The van der Waals surface area contributed by atoms with Gasteiger partial charge in [0, 0.05) is 5.02 Å². The molecule has 2 heterocycles. The molecule has 158 valence electrons. The summed E-state index contributed by atoms with van der Waals surface area (Å²) >= 11 is 18.2. The van der Waals surface area contributed by atoms with E-state index >= 15 is 0 Å². The van der Waals surface area contributed by atoms with Crippen molar-refractivity contribution in [3.63, 3.8) is 0 Å². The molecule has 0 saturated carbocycles. The Morgan fingerprint density at radius 3 is 2.68 bits per heavy atom. The molecule has 7 nitrogen and oxygen atoms in total. The molecular formula is C21H15Cl3N4O3. The Hall–Kier alpha value is -3.00. The molecule has 10 heteroatoms. The molecule has 2 aromatic heterocycles. The summed E-state index contributed by atoms with van der Waals surface area (Å²) in [6, 6.07) is 15.7. The van der Waals surface area contributed by atoms with Gasteiger partial charge >= 0.3 is 0 Å². The number of carbonyl (C=O) groups is 1. The Labute approximate surface area is 192 Å². The lowest BCUT2D eigenvalue weighted by atomic mass is 10.2. The van der Waals surface area contributed by atoms with Gasteiger partial charge in [-0.1, -0.05) is 59.1 Å². The molecule has 0 atom stereocenters. The standard InChI is InChI=1S/C21H15Cl3N4O3/c22-15-5-2-1-4-13(15)10-28-12-25-21(27-28)26-20(29)18-9-8-14(31-18)11-30-17-7-3-6-16(23)19(17)24/h1-9,12H,10-11H2,(H,26,27,29). The monoisotopic (exact) mass is 476 g/mol. The first-order chi connectivity index (χ1) is 15.0. The molecule has 31 heavy (non-hydrogen) atoms. The van der Waals surface area contributed by atoms with Gasteiger partial charge in [-0.2, -0.15) is 0 Å². The Bertz CT molecular complexity index is 1220. The van der Waals surface area contributed by atoms with E-state index in [1.54, 1.807) is 35.0 Å². The summed E-state index contributed by atoms with van der Waals surface area (Å²) in [4.78, 5) is 16.5. The number of rotatable bonds is 7. The number of halogens is 3. The number of ether oxygens (including phenoxy) is 1. The van der Waals surface area contributed by atoms with E-state index in [4.69, 9.17) is 44.0 Å². The minimum absolute atomic E-state index is 0.0814. The first kappa shape index (κ1) is 21.2. The molecule has 0 unspecified atom stereocenters. The number of amides is 1. The first-order valence-corrected chi connectivity index (χ1v) is 10.2. The summed E-state index contributed by atoms with van der Waals surface area (Å²) in [6.45, 7) is 0.509. The van der Waals surface area contributed by atoms with Gasteiger partial charge in [0.15, 0.2) is 5.76 Å². The van der Waals surface area contributed by atoms with Crippen molar-refractivity contribution in [3.05, 3.63) is 93.1 Å². The number of anilines is 1. The van der Waals surface area contributed by atoms with Crippen LogP contribution in [0.5, 0.6) is 5.75 Å². The SMILES string of the molecule is O=C(Nc1ncn(Cc2ccccc2Cl)n1)c1ccc(COc2cccc(Cl)c2Cl)o1. The van der Waals surface area contributed by atoms with Crippen LogP contribution in [-0.4, -0.2) is 20.7 Å². The van der Waals surface area contributed by atoms with E-state index in [0.717, 1.165) is 5.56 Å². The van der Waals surface area contributed by atoms with Crippen LogP contribution in [0, 0.1) is 0 Å². The largest absolute Gasteiger partial charge is 0.484 e. The number of aromatic nitrogens is 3. The van der Waals surface area contributed by atoms with Crippen LogP contribution in [-0.2, 0) is 13.2 Å². The molecular weight excluding hydrogens is 463 g/mol. The molecule has 4 rings (SSSR count). The lowest BCUT2D eigenvalue weighted by molar-refractivity contribution is 0.0991. The normalized spacial score (nSPS) is 10.8. The molecule has 0 fully saturated rings. The molecule has 0 saturated heterocycles. The van der Waals surface area contributed by atoms with Crippen LogP contribution < -0.4 is 10.1 Å². The zero-order chi connectivity index (χ0) is 21.8. The first-order valence-electron chi connectivity index (χ1n) is 9.09. The maximum Gasteiger partial charge on any atom is 0.293 e. The van der Waals surface area contributed by atoms with E-state index in [1.165, 1.54) is 12.4 Å². The predicted molar refractivity (Wildman–Crippen MR) is 118 cm³/mol. The predicted octanol–water partition coefficient (Wildman–Crippen LogP) is 5.71. The van der Waals surface area contributed by atoms with Gasteiger partial charge in [-0.3, -0.25) is 10.1 Å². The van der Waals surface area contributed by atoms with Crippen LogP contribution >= 0.6 is 34.8 Å². The van der Waals surface area contributed by atoms with Gasteiger partial charge in [-0.15, -0.1) is 5.10 Å². The quantitative estimate of drug-likeness (QED) is 0.368. The van der Waals surface area contributed by atoms with Gasteiger partial charge in [0.25, 0.3) is 5.91 Å². The Morgan fingerprint density at radius 1 is 1.03 bits per heavy atom. The van der Waals surface area contributed by atoms with Crippen molar-refractivity contribution >= 4 is 46.7 Å². The van der Waals surface area contributed by atoms with Crippen molar-refractivity contribution in [2.75, 3.05) is 5.32 Å². The summed E-state index contributed by atoms with van der Waals surface area (Å²) < 4.78 is 12.7. The lowest BCUT2D eigenvalue weighted by Gasteiger charge is -2.07. The van der Waals surface area contributed by atoms with Crippen LogP contribution in [0.2, 0.25) is 15.1 Å². The van der Waals surface area contributed by atoms with Gasteiger partial charge in [-0.05, 0) is 35.9 Å². The number of nitrogens with one attached hydrogen (secondary N) is 1. The average molecular weight is 478 g/mol. The molecule has 0 spiro atoms. The van der Waals surface area contributed by atoms with E-state index in [-0.39, 0.29) is 18.3 Å². The maximum atomic E-state index is 12.4. The Kier molecular flexibility index (Phi) is 6.46. The van der Waals surface area contributed by atoms with Crippen LogP contribution in [0.25, 0.3) is 0 Å². The van der Waals surface area contributed by atoms with Crippen LogP contribution in [0.15, 0.2) is 65.3 Å². The molecule has 4 aromatic rings. The number of hydrogen-bond donors (Lipinski definition) is 1. The summed E-state index contributed by atoms with van der Waals surface area (Å²) in [7, 11) is 0. The highest BCUT2D eigenvalue weighted by atomic mass is 35.5. The lowest BCUT2D eigenvalue weighted by Crippen LogP contribution is -2.12. The van der Waals surface area contributed by atoms with Gasteiger partial charge < -0.3 is 9.15 Å². The fraction of sp³-hybridized carbons (Fsp3) is 0.0952. The van der Waals surface area contributed by atoms with Crippen molar-refractivity contribution in [2.45, 2.75) is 13.2 Å². The second-order valence-corrected chi connectivity index (χ2v) is 7.61. The van der Waals surface area contributed by atoms with E-state index in [2.05, 4.69) is 15.4 Å². The molecule has 1 amide bonds. The summed E-state index contributed by atoms with van der Waals surface area (Å²) in [6.07, 6.45) is 1.51. The maximum absolute atomic E-state index is 12.4. The van der Waals surface area contributed by atoms with Gasteiger partial charge in [-0.25, -0.2) is 9.67 Å². The number of benzene rings is 2. The van der Waals surface area contributed by atoms with Crippen molar-refractivity contribution in [1.82, 2.24) is 14.8 Å². The Balaban J connectivity index is 1.35. The fourth-order valence-corrected chi connectivity index (χ4v) is 3.26. The minimum Gasteiger partial charge on any atom is -0.484 e. The van der Waals surface area contributed by atoms with Gasteiger partial charge in [0.05, 0.1) is 11.6 Å². The van der Waals surface area contributed by atoms with Crippen LogP contribution in [0.4, 0.5) is 5.95 Å². The third kappa shape index (κ3) is 5.19. The zero-order valence-corrected chi connectivity index (χ0v) is 18.2. The number of nitrogens with zero attached hydrogens (tertiary/aromatic N) is 3. The highest BCUT2D eigenvalue weighted by Crippen LogP contribution is 2.32. The Morgan fingerprint density at radius 2 is 1.84 bits per heavy atom. The second kappa shape index (κ2) is 9.43. The molecule has 0 aliphatic heterocycles. The number of furan rings is 1. The highest BCUT2D eigenvalue weighted by molar-refractivity contribution is 6.42. The van der Waals surface area contributed by atoms with Gasteiger partial charge in [0.2, 0.25) is 5.95 Å². The molecule has 2 aromatic carbocycles. The van der Waals surface area contributed by atoms with Crippen LogP contribution in [0.3, 0.4) is 0 Å². The van der Waals surface area contributed by atoms with E-state index in [9.17, 15) is 4.79 Å². The van der Waals surface area contributed by atoms with E-state index < -0.39 is 5.91 Å². The molecule has 0 aliphatic carbocycles.